The maximum atomic E-state index is 11.0. The molecule has 0 spiro atoms. The Bertz CT molecular complexity index is 679. The number of rotatable bonds is 5. The number of anilines is 1. The van der Waals surface area contributed by atoms with E-state index in [1.165, 1.54) is 6.07 Å². The van der Waals surface area contributed by atoms with E-state index in [-0.39, 0.29) is 12.2 Å². The largest absolute Gasteiger partial charge is 0.495 e. The van der Waals surface area contributed by atoms with Crippen molar-refractivity contribution >= 4 is 38.9 Å². The molecule has 110 valence electrons. The van der Waals surface area contributed by atoms with Gasteiger partial charge in [-0.3, -0.25) is 10.1 Å². The van der Waals surface area contributed by atoms with E-state index in [9.17, 15) is 10.1 Å². The molecule has 0 radical (unpaired) electrons. The molecule has 0 aliphatic heterocycles. The Labute approximate surface area is 135 Å². The van der Waals surface area contributed by atoms with E-state index < -0.39 is 4.92 Å². The Balaban J connectivity index is 2.22. The van der Waals surface area contributed by atoms with Gasteiger partial charge in [-0.15, -0.1) is 0 Å². The Morgan fingerprint density at radius 3 is 2.81 bits per heavy atom. The number of nitro groups is 1. The summed E-state index contributed by atoms with van der Waals surface area (Å²) in [6.45, 7) is 0.251. The van der Waals surface area contributed by atoms with Gasteiger partial charge in [-0.1, -0.05) is 17.7 Å². The fraction of sp³-hybridized carbons (Fsp3) is 0.143. The number of nitrogens with one attached hydrogen (secondary N) is 1. The van der Waals surface area contributed by atoms with Crippen LogP contribution in [0.25, 0.3) is 0 Å². The highest BCUT2D eigenvalue weighted by atomic mass is 79.9. The molecule has 2 aromatic carbocycles. The van der Waals surface area contributed by atoms with Gasteiger partial charge >= 0.3 is 0 Å². The van der Waals surface area contributed by atoms with Crippen LogP contribution < -0.4 is 10.1 Å². The first-order valence-electron chi connectivity index (χ1n) is 6.02. The lowest BCUT2D eigenvalue weighted by Gasteiger charge is -2.10. The zero-order valence-electron chi connectivity index (χ0n) is 11.1. The van der Waals surface area contributed by atoms with Crippen LogP contribution in [0.5, 0.6) is 5.75 Å². The highest BCUT2D eigenvalue weighted by molar-refractivity contribution is 9.10. The van der Waals surface area contributed by atoms with Crippen molar-refractivity contribution in [3.63, 3.8) is 0 Å². The molecule has 0 aromatic heterocycles. The van der Waals surface area contributed by atoms with Crippen molar-refractivity contribution in [2.24, 2.45) is 0 Å². The van der Waals surface area contributed by atoms with Crippen molar-refractivity contribution in [1.82, 2.24) is 0 Å². The SMILES string of the molecule is COc1cc(NCc2c(Cl)cccc2[N+](=O)[O-])ccc1Br. The topological polar surface area (TPSA) is 64.4 Å². The van der Waals surface area contributed by atoms with Crippen molar-refractivity contribution in [3.05, 3.63) is 61.6 Å². The third-order valence-electron chi connectivity index (χ3n) is 2.91. The second kappa shape index (κ2) is 6.78. The standard InChI is InChI=1S/C14H12BrClN2O3/c1-21-14-7-9(5-6-11(14)15)17-8-10-12(16)3-2-4-13(10)18(19)20/h2-7,17H,8H2,1H3. The molecule has 0 amide bonds. The maximum Gasteiger partial charge on any atom is 0.275 e. The van der Waals surface area contributed by atoms with Crippen molar-refractivity contribution in [1.29, 1.82) is 0 Å². The second-order valence-electron chi connectivity index (χ2n) is 4.20. The molecular formula is C14H12BrClN2O3. The summed E-state index contributed by atoms with van der Waals surface area (Å²) in [6.07, 6.45) is 0. The van der Waals surface area contributed by atoms with Crippen molar-refractivity contribution in [2.45, 2.75) is 6.54 Å². The highest BCUT2D eigenvalue weighted by Gasteiger charge is 2.16. The number of halogens is 2. The molecule has 0 unspecified atom stereocenters. The molecule has 0 atom stereocenters. The zero-order valence-corrected chi connectivity index (χ0v) is 13.4. The number of nitrogens with zero attached hydrogens (tertiary/aromatic N) is 1. The number of hydrogen-bond donors (Lipinski definition) is 1. The monoisotopic (exact) mass is 370 g/mol. The molecule has 0 bridgehead atoms. The number of nitro benzene ring substituents is 1. The number of ether oxygens (including phenoxy) is 1. The lowest BCUT2D eigenvalue weighted by molar-refractivity contribution is -0.385. The number of methoxy groups -OCH3 is 1. The number of hydrogen-bond acceptors (Lipinski definition) is 4. The summed E-state index contributed by atoms with van der Waals surface area (Å²) in [5.74, 6) is 0.675. The Hall–Kier alpha value is -1.79. The van der Waals surface area contributed by atoms with Crippen LogP contribution in [0.2, 0.25) is 5.02 Å². The van der Waals surface area contributed by atoms with E-state index in [0.717, 1.165) is 10.2 Å². The molecule has 0 aliphatic carbocycles. The molecule has 7 heteroatoms. The predicted molar refractivity (Wildman–Crippen MR) is 86.1 cm³/mol. The average Bonchev–Trinajstić information content (AvgIpc) is 2.47. The molecule has 2 rings (SSSR count). The van der Waals surface area contributed by atoms with E-state index in [2.05, 4.69) is 21.2 Å². The van der Waals surface area contributed by atoms with E-state index in [1.54, 1.807) is 25.3 Å². The molecule has 0 saturated heterocycles. The minimum Gasteiger partial charge on any atom is -0.495 e. The molecule has 21 heavy (non-hydrogen) atoms. The minimum atomic E-state index is -0.439. The van der Waals surface area contributed by atoms with Gasteiger partial charge in [-0.05, 0) is 34.1 Å². The van der Waals surface area contributed by atoms with Gasteiger partial charge in [0.2, 0.25) is 0 Å². The van der Waals surface area contributed by atoms with E-state index >= 15 is 0 Å². The summed E-state index contributed by atoms with van der Waals surface area (Å²) in [5, 5.41) is 14.5. The Morgan fingerprint density at radius 2 is 2.14 bits per heavy atom. The maximum absolute atomic E-state index is 11.0. The summed E-state index contributed by atoms with van der Waals surface area (Å²) < 4.78 is 6.03. The zero-order chi connectivity index (χ0) is 15.4. The van der Waals surface area contributed by atoms with Gasteiger partial charge in [0.1, 0.15) is 5.75 Å². The summed E-state index contributed by atoms with van der Waals surface area (Å²) in [4.78, 5) is 10.6. The van der Waals surface area contributed by atoms with Gasteiger partial charge in [-0.25, -0.2) is 0 Å². The Kier molecular flexibility index (Phi) is 5.03. The fourth-order valence-electron chi connectivity index (χ4n) is 1.85. The molecule has 1 N–H and O–H groups in total. The molecule has 0 fully saturated rings. The first kappa shape index (κ1) is 15.6. The molecular weight excluding hydrogens is 360 g/mol. The van der Waals surface area contributed by atoms with Crippen LogP contribution in [0.15, 0.2) is 40.9 Å². The van der Waals surface area contributed by atoms with E-state index in [1.807, 2.05) is 12.1 Å². The normalized spacial score (nSPS) is 10.2. The van der Waals surface area contributed by atoms with E-state index in [0.29, 0.717) is 16.3 Å². The number of benzene rings is 2. The third kappa shape index (κ3) is 3.65. The quantitative estimate of drug-likeness (QED) is 0.614. The van der Waals surface area contributed by atoms with Gasteiger partial charge in [0.25, 0.3) is 5.69 Å². The van der Waals surface area contributed by atoms with Gasteiger partial charge in [-0.2, -0.15) is 0 Å². The van der Waals surface area contributed by atoms with Crippen LogP contribution in [0, 0.1) is 10.1 Å². The van der Waals surface area contributed by atoms with Crippen LogP contribution in [0.3, 0.4) is 0 Å². The predicted octanol–water partition coefficient (Wildman–Crippen LogP) is 4.63. The Morgan fingerprint density at radius 1 is 1.38 bits per heavy atom. The van der Waals surface area contributed by atoms with Crippen molar-refractivity contribution < 1.29 is 9.66 Å². The molecule has 0 saturated carbocycles. The van der Waals surface area contributed by atoms with Crippen LogP contribution in [-0.4, -0.2) is 12.0 Å². The van der Waals surface area contributed by atoms with Gasteiger partial charge in [0, 0.05) is 24.4 Å². The lowest BCUT2D eigenvalue weighted by Crippen LogP contribution is -2.04. The molecule has 2 aromatic rings. The lowest BCUT2D eigenvalue weighted by atomic mass is 10.1. The first-order chi connectivity index (χ1) is 10.0. The van der Waals surface area contributed by atoms with Crippen LogP contribution in [-0.2, 0) is 6.54 Å². The molecule has 0 aliphatic rings. The van der Waals surface area contributed by atoms with Gasteiger partial charge in [0.05, 0.1) is 27.1 Å². The summed E-state index contributed by atoms with van der Waals surface area (Å²) in [5.41, 5.74) is 1.23. The second-order valence-corrected chi connectivity index (χ2v) is 5.46. The average molecular weight is 372 g/mol. The van der Waals surface area contributed by atoms with Gasteiger partial charge < -0.3 is 10.1 Å². The van der Waals surface area contributed by atoms with Crippen LogP contribution in [0.1, 0.15) is 5.56 Å². The smallest absolute Gasteiger partial charge is 0.275 e. The molecule has 0 heterocycles. The first-order valence-corrected chi connectivity index (χ1v) is 7.19. The molecule has 5 nitrogen and oxygen atoms in total. The highest BCUT2D eigenvalue weighted by Crippen LogP contribution is 2.30. The van der Waals surface area contributed by atoms with Crippen LogP contribution in [0.4, 0.5) is 11.4 Å². The summed E-state index contributed by atoms with van der Waals surface area (Å²) in [6, 6.07) is 10.1. The van der Waals surface area contributed by atoms with Gasteiger partial charge in [0.15, 0.2) is 0 Å². The minimum absolute atomic E-state index is 0.000855. The van der Waals surface area contributed by atoms with Crippen molar-refractivity contribution in [3.8, 4) is 5.75 Å². The van der Waals surface area contributed by atoms with Crippen LogP contribution >= 0.6 is 27.5 Å². The van der Waals surface area contributed by atoms with E-state index in [4.69, 9.17) is 16.3 Å². The summed E-state index contributed by atoms with van der Waals surface area (Å²) >= 11 is 9.41. The summed E-state index contributed by atoms with van der Waals surface area (Å²) in [7, 11) is 1.57. The van der Waals surface area contributed by atoms with Crippen molar-refractivity contribution in [2.75, 3.05) is 12.4 Å². The fourth-order valence-corrected chi connectivity index (χ4v) is 2.50. The third-order valence-corrected chi connectivity index (χ3v) is 3.92.